The number of carboxylic acid groups (broad SMARTS) is 1. The molecule has 0 saturated heterocycles. The fourth-order valence-electron chi connectivity index (χ4n) is 3.30. The summed E-state index contributed by atoms with van der Waals surface area (Å²) in [7, 11) is 1.63. The third-order valence-electron chi connectivity index (χ3n) is 4.93. The fourth-order valence-corrected chi connectivity index (χ4v) is 3.30. The summed E-state index contributed by atoms with van der Waals surface area (Å²) in [4.78, 5) is 24.7. The number of ether oxygens (including phenoxy) is 1. The van der Waals surface area contributed by atoms with Gasteiger partial charge in [-0.15, -0.1) is 0 Å². The van der Waals surface area contributed by atoms with Crippen LogP contribution in [0.5, 0.6) is 5.75 Å². The lowest BCUT2D eigenvalue weighted by molar-refractivity contribution is -0.137. The maximum absolute atomic E-state index is 11.2. The molecule has 9 heteroatoms. The number of hydrogen-bond acceptors (Lipinski definition) is 7. The molecule has 0 amide bonds. The monoisotopic (exact) mass is 432 g/mol. The van der Waals surface area contributed by atoms with Gasteiger partial charge in [-0.05, 0) is 29.7 Å². The van der Waals surface area contributed by atoms with Gasteiger partial charge in [0.2, 0.25) is 5.95 Å². The maximum Gasteiger partial charge on any atom is 0.323 e. The first-order valence-electron chi connectivity index (χ1n) is 10.2. The number of imidazole rings is 1. The van der Waals surface area contributed by atoms with E-state index >= 15 is 0 Å². The molecule has 0 aliphatic carbocycles. The van der Waals surface area contributed by atoms with Crippen molar-refractivity contribution in [3.05, 3.63) is 72.1 Å². The molecule has 3 N–H and O–H groups in total. The molecule has 0 radical (unpaired) electrons. The van der Waals surface area contributed by atoms with E-state index < -0.39 is 5.97 Å². The van der Waals surface area contributed by atoms with Gasteiger partial charge in [-0.2, -0.15) is 9.97 Å². The van der Waals surface area contributed by atoms with Crippen molar-refractivity contribution in [2.45, 2.75) is 19.5 Å². The smallest absolute Gasteiger partial charge is 0.323 e. The van der Waals surface area contributed by atoms with E-state index in [1.54, 1.807) is 7.11 Å². The van der Waals surface area contributed by atoms with Crippen LogP contribution in [0, 0.1) is 0 Å². The highest BCUT2D eigenvalue weighted by Gasteiger charge is 2.15. The van der Waals surface area contributed by atoms with Gasteiger partial charge in [-0.25, -0.2) is 4.98 Å². The molecular formula is C23H24N6O3. The molecule has 0 spiro atoms. The molecule has 0 bridgehead atoms. The lowest BCUT2D eigenvalue weighted by atomic mass is 10.1. The third kappa shape index (κ3) is 5.12. The van der Waals surface area contributed by atoms with Crippen LogP contribution in [-0.4, -0.2) is 44.2 Å². The first-order valence-corrected chi connectivity index (χ1v) is 10.2. The van der Waals surface area contributed by atoms with E-state index in [0.717, 1.165) is 17.7 Å². The summed E-state index contributed by atoms with van der Waals surface area (Å²) in [6.07, 6.45) is 2.29. The molecule has 9 nitrogen and oxygen atoms in total. The Kier molecular flexibility index (Phi) is 6.45. The van der Waals surface area contributed by atoms with Crippen LogP contribution in [0.2, 0.25) is 0 Å². The second-order valence-electron chi connectivity index (χ2n) is 7.20. The van der Waals surface area contributed by atoms with Crippen molar-refractivity contribution in [3.63, 3.8) is 0 Å². The Labute approximate surface area is 185 Å². The lowest BCUT2D eigenvalue weighted by Crippen LogP contribution is -2.12. The van der Waals surface area contributed by atoms with Crippen LogP contribution >= 0.6 is 0 Å². The van der Waals surface area contributed by atoms with Crippen LogP contribution in [-0.2, 0) is 24.3 Å². The first-order chi connectivity index (χ1) is 15.6. The predicted octanol–water partition coefficient (Wildman–Crippen LogP) is 3.19. The molecule has 2 aromatic heterocycles. The number of aromatic nitrogens is 4. The number of carboxylic acids is 1. The normalized spacial score (nSPS) is 10.8. The van der Waals surface area contributed by atoms with Crippen LogP contribution in [0.25, 0.3) is 11.2 Å². The summed E-state index contributed by atoms with van der Waals surface area (Å²) < 4.78 is 6.69. The molecular weight excluding hydrogens is 408 g/mol. The molecule has 0 unspecified atom stereocenters. The number of nitrogens with one attached hydrogen (secondary N) is 2. The Hall–Kier alpha value is -4.14. The Balaban J connectivity index is 1.55. The number of fused-ring (bicyclic) bond motifs is 1. The van der Waals surface area contributed by atoms with E-state index in [4.69, 9.17) is 4.74 Å². The summed E-state index contributed by atoms with van der Waals surface area (Å²) in [6, 6.07) is 17.8. The number of benzene rings is 2. The number of methoxy groups -OCH3 is 1. The molecule has 0 aliphatic heterocycles. The Morgan fingerprint density at radius 1 is 1.03 bits per heavy atom. The summed E-state index contributed by atoms with van der Waals surface area (Å²) in [5.74, 6) is 0.776. The Bertz CT molecular complexity index is 1190. The third-order valence-corrected chi connectivity index (χ3v) is 4.93. The van der Waals surface area contributed by atoms with E-state index in [-0.39, 0.29) is 6.54 Å². The van der Waals surface area contributed by atoms with Gasteiger partial charge in [0.25, 0.3) is 0 Å². The minimum atomic E-state index is -0.964. The minimum Gasteiger partial charge on any atom is -0.497 e. The maximum atomic E-state index is 11.2. The molecule has 164 valence electrons. The van der Waals surface area contributed by atoms with Gasteiger partial charge in [0.1, 0.15) is 12.3 Å². The van der Waals surface area contributed by atoms with Crippen molar-refractivity contribution in [1.82, 2.24) is 19.5 Å². The molecule has 0 saturated carbocycles. The highest BCUT2D eigenvalue weighted by Crippen LogP contribution is 2.22. The Morgan fingerprint density at radius 3 is 2.53 bits per heavy atom. The largest absolute Gasteiger partial charge is 0.497 e. The van der Waals surface area contributed by atoms with E-state index in [9.17, 15) is 9.90 Å². The van der Waals surface area contributed by atoms with Gasteiger partial charge >= 0.3 is 5.97 Å². The van der Waals surface area contributed by atoms with E-state index in [1.165, 1.54) is 16.5 Å². The van der Waals surface area contributed by atoms with Gasteiger partial charge in [0.15, 0.2) is 17.0 Å². The predicted molar refractivity (Wildman–Crippen MR) is 122 cm³/mol. The molecule has 4 rings (SSSR count). The molecule has 32 heavy (non-hydrogen) atoms. The summed E-state index contributed by atoms with van der Waals surface area (Å²) in [6.45, 7) is 0.931. The van der Waals surface area contributed by atoms with Crippen molar-refractivity contribution < 1.29 is 14.6 Å². The van der Waals surface area contributed by atoms with Crippen molar-refractivity contribution in [3.8, 4) is 5.75 Å². The molecule has 0 aliphatic rings. The summed E-state index contributed by atoms with van der Waals surface area (Å²) in [5, 5.41) is 15.8. The van der Waals surface area contributed by atoms with Gasteiger partial charge in [0, 0.05) is 13.1 Å². The Morgan fingerprint density at radius 2 is 1.81 bits per heavy atom. The van der Waals surface area contributed by atoms with Gasteiger partial charge in [-0.3, -0.25) is 4.79 Å². The molecule has 2 aromatic carbocycles. The topological polar surface area (TPSA) is 114 Å². The van der Waals surface area contributed by atoms with Crippen LogP contribution < -0.4 is 15.4 Å². The fraction of sp³-hybridized carbons (Fsp3) is 0.217. The summed E-state index contributed by atoms with van der Waals surface area (Å²) in [5.41, 5.74) is 3.24. The first kappa shape index (κ1) is 21.1. The quantitative estimate of drug-likeness (QED) is 0.350. The molecule has 0 atom stereocenters. The van der Waals surface area contributed by atoms with Gasteiger partial charge in [-0.1, -0.05) is 42.5 Å². The minimum absolute atomic E-state index is 0.227. The zero-order valence-corrected chi connectivity index (χ0v) is 17.7. The average Bonchev–Trinajstić information content (AvgIpc) is 3.21. The number of rotatable bonds is 10. The van der Waals surface area contributed by atoms with E-state index in [0.29, 0.717) is 36.0 Å². The molecule has 0 fully saturated rings. The highest BCUT2D eigenvalue weighted by atomic mass is 16.5. The SMILES string of the molecule is COc1ccc(CNc2nc(NCCc3ccccc3)c3ncn(CC(=O)O)c3n2)cc1. The second-order valence-corrected chi connectivity index (χ2v) is 7.20. The van der Waals surface area contributed by atoms with Crippen molar-refractivity contribution in [2.24, 2.45) is 0 Å². The standard InChI is InChI=1S/C23H24N6O3/c1-32-18-9-7-17(8-10-18)13-25-23-27-21(24-12-11-16-5-3-2-4-6-16)20-22(28-23)29(15-26-20)14-19(30)31/h2-10,15H,11-14H2,1H3,(H,30,31)(H2,24,25,27,28). The van der Waals surface area contributed by atoms with Gasteiger partial charge in [0.05, 0.1) is 13.4 Å². The number of hydrogen-bond donors (Lipinski definition) is 3. The zero-order chi connectivity index (χ0) is 22.3. The molecule has 4 aromatic rings. The van der Waals surface area contributed by atoms with Gasteiger partial charge < -0.3 is 25.0 Å². The summed E-state index contributed by atoms with van der Waals surface area (Å²) >= 11 is 0. The van der Waals surface area contributed by atoms with E-state index in [1.807, 2.05) is 42.5 Å². The van der Waals surface area contributed by atoms with Crippen molar-refractivity contribution >= 4 is 28.9 Å². The van der Waals surface area contributed by atoms with Crippen LogP contribution in [0.1, 0.15) is 11.1 Å². The van der Waals surface area contributed by atoms with Crippen LogP contribution in [0.4, 0.5) is 11.8 Å². The number of aliphatic carboxylic acids is 1. The van der Waals surface area contributed by atoms with Crippen LogP contribution in [0.15, 0.2) is 60.9 Å². The van der Waals surface area contributed by atoms with Crippen LogP contribution in [0.3, 0.4) is 0 Å². The number of carbonyl (C=O) groups is 1. The van der Waals surface area contributed by atoms with Crippen molar-refractivity contribution in [2.75, 3.05) is 24.3 Å². The number of anilines is 2. The van der Waals surface area contributed by atoms with Crippen molar-refractivity contribution in [1.29, 1.82) is 0 Å². The molecule has 2 heterocycles. The van der Waals surface area contributed by atoms with E-state index in [2.05, 4.69) is 37.7 Å². The lowest BCUT2D eigenvalue weighted by Gasteiger charge is -2.11. The number of nitrogens with zero attached hydrogens (tertiary/aromatic N) is 4. The second kappa shape index (κ2) is 9.78. The zero-order valence-electron chi connectivity index (χ0n) is 17.7. The average molecular weight is 432 g/mol. The highest BCUT2D eigenvalue weighted by molar-refractivity contribution is 5.85.